The van der Waals surface area contributed by atoms with E-state index in [4.69, 9.17) is 0 Å². The summed E-state index contributed by atoms with van der Waals surface area (Å²) in [5, 5.41) is 11.8. The number of aliphatic hydroxyl groups is 1. The van der Waals surface area contributed by atoms with E-state index in [2.05, 4.69) is 47.4 Å². The van der Waals surface area contributed by atoms with E-state index in [9.17, 15) is 5.11 Å². The number of hydrogen-bond donors (Lipinski definition) is 1. The molecule has 4 rings (SSSR count). The Hall–Kier alpha value is -0.830. The smallest absolute Gasteiger partial charge is 0.0942 e. The molecule has 1 aliphatic heterocycles. The van der Waals surface area contributed by atoms with Crippen molar-refractivity contribution in [2.75, 3.05) is 19.6 Å². The first-order valence-electron chi connectivity index (χ1n) is 9.44. The van der Waals surface area contributed by atoms with Crippen molar-refractivity contribution in [1.29, 1.82) is 0 Å². The van der Waals surface area contributed by atoms with Crippen molar-refractivity contribution in [3.8, 4) is 0 Å². The fraction of sp³-hybridized carbons (Fsp3) is 0.619. The normalized spacial score (nSPS) is 31.6. The van der Waals surface area contributed by atoms with Gasteiger partial charge in [0.15, 0.2) is 0 Å². The maximum Gasteiger partial charge on any atom is 0.0942 e. The summed E-state index contributed by atoms with van der Waals surface area (Å²) in [7, 11) is 0. The molecule has 2 nitrogen and oxygen atoms in total. The third kappa shape index (κ3) is 3.42. The van der Waals surface area contributed by atoms with Gasteiger partial charge in [0.1, 0.15) is 0 Å². The number of rotatable bonds is 5. The molecule has 3 aliphatic rings. The minimum atomic E-state index is -0.664. The van der Waals surface area contributed by atoms with Gasteiger partial charge in [-0.3, -0.25) is 0 Å². The van der Waals surface area contributed by atoms with Gasteiger partial charge in [0, 0.05) is 6.54 Å². The minimum Gasteiger partial charge on any atom is -0.385 e. The van der Waals surface area contributed by atoms with E-state index in [-0.39, 0.29) is 12.4 Å². The molecule has 2 fully saturated rings. The van der Waals surface area contributed by atoms with Crippen LogP contribution < -0.4 is 0 Å². The largest absolute Gasteiger partial charge is 0.385 e. The van der Waals surface area contributed by atoms with Gasteiger partial charge in [0.05, 0.1) is 5.60 Å². The van der Waals surface area contributed by atoms with Crippen LogP contribution in [0.3, 0.4) is 0 Å². The maximum absolute atomic E-state index is 11.8. The predicted octanol–water partition coefficient (Wildman–Crippen LogP) is 4.38. The Bertz CT molecular complexity index is 554. The molecule has 0 amide bonds. The van der Waals surface area contributed by atoms with Crippen LogP contribution in [-0.2, 0) is 5.60 Å². The van der Waals surface area contributed by atoms with Gasteiger partial charge in [-0.1, -0.05) is 48.9 Å². The first kappa shape index (κ1) is 18.0. The zero-order chi connectivity index (χ0) is 15.7. The van der Waals surface area contributed by atoms with Gasteiger partial charge in [0.25, 0.3) is 0 Å². The number of fused-ring (bicyclic) bond motifs is 2. The molecule has 24 heavy (non-hydrogen) atoms. The molecule has 1 saturated carbocycles. The van der Waals surface area contributed by atoms with Gasteiger partial charge in [-0.25, -0.2) is 0 Å². The number of likely N-dealkylation sites (tertiary alicyclic amines) is 1. The van der Waals surface area contributed by atoms with Gasteiger partial charge in [-0.15, -0.1) is 12.4 Å². The van der Waals surface area contributed by atoms with Crippen LogP contribution in [0.4, 0.5) is 0 Å². The van der Waals surface area contributed by atoms with Crippen molar-refractivity contribution >= 4 is 12.4 Å². The molecule has 132 valence electrons. The minimum absolute atomic E-state index is 0. The van der Waals surface area contributed by atoms with Gasteiger partial charge in [0.2, 0.25) is 0 Å². The standard InChI is InChI=1S/C21H29NO.ClH/c23-21(19-7-3-1-4-8-19,11-14-22-12-5-2-6-13-22)20-16-17-9-10-18(20)15-17;/h1,3-4,7-10,17-18,20,23H,2,5-6,11-16H2;1H/t17-,18+,20-,21+;/m0./s1. The van der Waals surface area contributed by atoms with E-state index in [1.165, 1.54) is 38.8 Å². The second-order valence-corrected chi connectivity index (χ2v) is 7.83. The first-order valence-corrected chi connectivity index (χ1v) is 9.44. The summed E-state index contributed by atoms with van der Waals surface area (Å²) < 4.78 is 0. The van der Waals surface area contributed by atoms with Crippen molar-refractivity contribution in [3.63, 3.8) is 0 Å². The SMILES string of the molecule is Cl.O[C@](CCN1CCCCC1)(c1ccccc1)[C@H]1C[C@H]2C=C[C@@H]1C2. The molecule has 1 N–H and O–H groups in total. The average molecular weight is 348 g/mol. The number of hydrogen-bond acceptors (Lipinski definition) is 2. The molecule has 1 heterocycles. The molecule has 3 heteroatoms. The monoisotopic (exact) mass is 347 g/mol. The second-order valence-electron chi connectivity index (χ2n) is 7.83. The van der Waals surface area contributed by atoms with E-state index in [1.807, 2.05) is 0 Å². The highest BCUT2D eigenvalue weighted by molar-refractivity contribution is 5.85. The van der Waals surface area contributed by atoms with Crippen molar-refractivity contribution in [2.45, 2.75) is 44.1 Å². The number of allylic oxidation sites excluding steroid dienone is 2. The third-order valence-corrected chi connectivity index (χ3v) is 6.42. The van der Waals surface area contributed by atoms with Crippen LogP contribution in [0.5, 0.6) is 0 Å². The van der Waals surface area contributed by atoms with Gasteiger partial charge in [-0.05, 0) is 68.5 Å². The zero-order valence-electron chi connectivity index (χ0n) is 14.4. The number of halogens is 1. The molecule has 0 radical (unpaired) electrons. The van der Waals surface area contributed by atoms with Gasteiger partial charge in [-0.2, -0.15) is 0 Å². The Morgan fingerprint density at radius 2 is 1.75 bits per heavy atom. The molecule has 2 aliphatic carbocycles. The lowest BCUT2D eigenvalue weighted by molar-refractivity contribution is -0.0495. The Morgan fingerprint density at radius 1 is 1.00 bits per heavy atom. The van der Waals surface area contributed by atoms with Crippen LogP contribution in [0.1, 0.15) is 44.1 Å². The predicted molar refractivity (Wildman–Crippen MR) is 101 cm³/mol. The van der Waals surface area contributed by atoms with Gasteiger partial charge < -0.3 is 10.0 Å². The highest BCUT2D eigenvalue weighted by Crippen LogP contribution is 2.52. The lowest BCUT2D eigenvalue weighted by Crippen LogP contribution is -2.42. The zero-order valence-corrected chi connectivity index (χ0v) is 15.3. The summed E-state index contributed by atoms with van der Waals surface area (Å²) in [6.07, 6.45) is 12.0. The lowest BCUT2D eigenvalue weighted by atomic mass is 9.72. The second kappa shape index (κ2) is 7.59. The van der Waals surface area contributed by atoms with Crippen LogP contribution in [-0.4, -0.2) is 29.6 Å². The van der Waals surface area contributed by atoms with Crippen molar-refractivity contribution in [1.82, 2.24) is 4.90 Å². The lowest BCUT2D eigenvalue weighted by Gasteiger charge is -2.40. The Balaban J connectivity index is 0.00000169. The summed E-state index contributed by atoms with van der Waals surface area (Å²) in [5.74, 6) is 1.67. The summed E-state index contributed by atoms with van der Waals surface area (Å²) >= 11 is 0. The molecule has 0 aromatic heterocycles. The molecule has 0 spiro atoms. The highest BCUT2D eigenvalue weighted by Gasteiger charge is 2.48. The quantitative estimate of drug-likeness (QED) is 0.799. The Morgan fingerprint density at radius 3 is 2.38 bits per heavy atom. The number of benzene rings is 1. The molecule has 1 saturated heterocycles. The van der Waals surface area contributed by atoms with Crippen LogP contribution in [0.15, 0.2) is 42.5 Å². The summed E-state index contributed by atoms with van der Waals surface area (Å²) in [6.45, 7) is 3.45. The maximum atomic E-state index is 11.8. The van der Waals surface area contributed by atoms with E-state index in [0.29, 0.717) is 17.8 Å². The molecule has 4 atom stereocenters. The van der Waals surface area contributed by atoms with Crippen LogP contribution in [0, 0.1) is 17.8 Å². The van der Waals surface area contributed by atoms with E-state index in [0.717, 1.165) is 24.9 Å². The topological polar surface area (TPSA) is 23.5 Å². The molecular formula is C21H30ClNO. The van der Waals surface area contributed by atoms with Crippen molar-refractivity contribution in [3.05, 3.63) is 48.0 Å². The third-order valence-electron chi connectivity index (χ3n) is 6.42. The fourth-order valence-electron chi connectivity index (χ4n) is 5.11. The van der Waals surface area contributed by atoms with Crippen molar-refractivity contribution < 1.29 is 5.11 Å². The van der Waals surface area contributed by atoms with E-state index < -0.39 is 5.60 Å². The number of nitrogens with zero attached hydrogens (tertiary/aromatic N) is 1. The molecule has 1 aromatic rings. The van der Waals surface area contributed by atoms with Crippen LogP contribution in [0.2, 0.25) is 0 Å². The van der Waals surface area contributed by atoms with E-state index in [1.54, 1.807) is 0 Å². The van der Waals surface area contributed by atoms with Crippen LogP contribution >= 0.6 is 12.4 Å². The molecular weight excluding hydrogens is 318 g/mol. The summed E-state index contributed by atoms with van der Waals surface area (Å²) in [5.41, 5.74) is 0.464. The fourth-order valence-corrected chi connectivity index (χ4v) is 5.11. The summed E-state index contributed by atoms with van der Waals surface area (Å²) in [4.78, 5) is 2.56. The molecule has 1 aromatic carbocycles. The van der Waals surface area contributed by atoms with Gasteiger partial charge >= 0.3 is 0 Å². The van der Waals surface area contributed by atoms with Crippen molar-refractivity contribution in [2.24, 2.45) is 17.8 Å². The van der Waals surface area contributed by atoms with E-state index >= 15 is 0 Å². The molecule has 2 bridgehead atoms. The van der Waals surface area contributed by atoms with Crippen LogP contribution in [0.25, 0.3) is 0 Å². The summed E-state index contributed by atoms with van der Waals surface area (Å²) in [6, 6.07) is 10.5. The highest BCUT2D eigenvalue weighted by atomic mass is 35.5. The first-order chi connectivity index (χ1) is 11.3. The number of piperidine rings is 1. The average Bonchev–Trinajstić information content (AvgIpc) is 3.25. The molecule has 0 unspecified atom stereocenters. The Kier molecular flexibility index (Phi) is 5.69. The Labute approximate surface area is 152 Å².